The fraction of sp³-hybridized carbons (Fsp3) is 0.533. The van der Waals surface area contributed by atoms with E-state index in [1.807, 2.05) is 0 Å². The number of rotatable bonds is 4. The molecule has 0 saturated heterocycles. The van der Waals surface area contributed by atoms with E-state index in [0.29, 0.717) is 23.5 Å². The van der Waals surface area contributed by atoms with Crippen LogP contribution in [-0.2, 0) is 16.0 Å². The lowest BCUT2D eigenvalue weighted by atomic mass is 9.87. The number of carbonyl (C=O) groups excluding carboxylic acids is 1. The van der Waals surface area contributed by atoms with E-state index in [1.54, 1.807) is 18.3 Å². The molecule has 2 aromatic rings. The van der Waals surface area contributed by atoms with Gasteiger partial charge in [0.05, 0.1) is 17.7 Å². The molecular formula is C15H19N3O2S2. The monoisotopic (exact) mass is 337 g/mol. The van der Waals surface area contributed by atoms with E-state index in [-0.39, 0.29) is 11.7 Å². The summed E-state index contributed by atoms with van der Waals surface area (Å²) >= 11 is 2.99. The first-order chi connectivity index (χ1) is 10.6. The first-order valence-corrected chi connectivity index (χ1v) is 9.27. The summed E-state index contributed by atoms with van der Waals surface area (Å²) in [6.07, 6.45) is 3.52. The van der Waals surface area contributed by atoms with Crippen LogP contribution in [0.25, 0.3) is 10.2 Å². The average Bonchev–Trinajstić information content (AvgIpc) is 2.85. The van der Waals surface area contributed by atoms with Crippen LogP contribution in [0.2, 0.25) is 0 Å². The van der Waals surface area contributed by atoms with E-state index < -0.39 is 0 Å². The molecule has 1 aliphatic rings. The third-order valence-electron chi connectivity index (χ3n) is 3.83. The zero-order chi connectivity index (χ0) is 15.7. The molecule has 5 nitrogen and oxygen atoms in total. The average molecular weight is 337 g/mol. The Morgan fingerprint density at radius 2 is 2.32 bits per heavy atom. The van der Waals surface area contributed by atoms with Gasteiger partial charge in [-0.25, -0.2) is 9.97 Å². The van der Waals surface area contributed by atoms with E-state index in [2.05, 4.69) is 16.9 Å². The van der Waals surface area contributed by atoms with Crippen molar-refractivity contribution in [3.8, 4) is 0 Å². The lowest BCUT2D eigenvalue weighted by Crippen LogP contribution is -2.08. The highest BCUT2D eigenvalue weighted by Gasteiger charge is 2.25. The summed E-state index contributed by atoms with van der Waals surface area (Å²) in [5, 5.41) is 1.57. The normalized spacial score (nSPS) is 17.5. The van der Waals surface area contributed by atoms with Crippen molar-refractivity contribution in [2.45, 2.75) is 44.2 Å². The van der Waals surface area contributed by atoms with E-state index in [0.717, 1.165) is 16.6 Å². The van der Waals surface area contributed by atoms with Crippen molar-refractivity contribution in [1.29, 1.82) is 0 Å². The molecule has 1 aliphatic carbocycles. The Labute approximate surface area is 137 Å². The third kappa shape index (κ3) is 2.92. The van der Waals surface area contributed by atoms with Crippen LogP contribution in [0.5, 0.6) is 0 Å². The summed E-state index contributed by atoms with van der Waals surface area (Å²) < 4.78 is 4.92. The summed E-state index contributed by atoms with van der Waals surface area (Å²) in [7, 11) is 0. The first-order valence-electron chi connectivity index (χ1n) is 7.47. The minimum atomic E-state index is -0.256. The van der Waals surface area contributed by atoms with Crippen molar-refractivity contribution in [3.63, 3.8) is 0 Å². The second-order valence-electron chi connectivity index (χ2n) is 5.40. The van der Waals surface area contributed by atoms with Crippen LogP contribution in [0.15, 0.2) is 5.16 Å². The summed E-state index contributed by atoms with van der Waals surface area (Å²) in [4.78, 5) is 22.7. The van der Waals surface area contributed by atoms with Gasteiger partial charge in [0.25, 0.3) is 0 Å². The first kappa shape index (κ1) is 15.6. The highest BCUT2D eigenvalue weighted by atomic mass is 32.2. The van der Waals surface area contributed by atoms with Crippen molar-refractivity contribution in [2.24, 2.45) is 0 Å². The molecule has 0 amide bonds. The van der Waals surface area contributed by atoms with Crippen LogP contribution >= 0.6 is 23.1 Å². The van der Waals surface area contributed by atoms with E-state index in [9.17, 15) is 4.79 Å². The Morgan fingerprint density at radius 1 is 1.50 bits per heavy atom. The number of thioether (sulfide) groups is 1. The predicted octanol–water partition coefficient (Wildman–Crippen LogP) is 3.37. The smallest absolute Gasteiger partial charge is 0.316 e. The lowest BCUT2D eigenvalue weighted by molar-refractivity contribution is -0.139. The number of nitrogens with zero attached hydrogens (tertiary/aromatic N) is 2. The minimum absolute atomic E-state index is 0.209. The van der Waals surface area contributed by atoms with Gasteiger partial charge in [-0.15, -0.1) is 11.3 Å². The van der Waals surface area contributed by atoms with Crippen LogP contribution in [0.4, 0.5) is 5.82 Å². The van der Waals surface area contributed by atoms with Crippen molar-refractivity contribution >= 4 is 45.1 Å². The summed E-state index contributed by atoms with van der Waals surface area (Å²) in [6, 6.07) is 0. The molecule has 0 fully saturated rings. The number of aromatic nitrogens is 2. The van der Waals surface area contributed by atoms with Gasteiger partial charge in [-0.2, -0.15) is 0 Å². The fourth-order valence-electron chi connectivity index (χ4n) is 2.89. The standard InChI is InChI=1S/C15H19N3O2S2/c1-3-20-10(19)7-21-15-17-13(16)12-11-8(2)5-4-6-9(11)22-14(12)18-15/h8H,3-7H2,1-2H3,(H2,16,17,18). The number of nitrogens with two attached hydrogens (primary N) is 1. The SMILES string of the molecule is CCOC(=O)CSc1nc(N)c2c3c(sc2n1)CCCC3C. The van der Waals surface area contributed by atoms with Crippen LogP contribution in [0, 0.1) is 0 Å². The molecule has 1 unspecified atom stereocenters. The molecule has 0 radical (unpaired) electrons. The molecule has 0 spiro atoms. The molecule has 0 bridgehead atoms. The quantitative estimate of drug-likeness (QED) is 0.523. The molecule has 2 N–H and O–H groups in total. The minimum Gasteiger partial charge on any atom is -0.465 e. The van der Waals surface area contributed by atoms with Crippen molar-refractivity contribution in [2.75, 3.05) is 18.1 Å². The third-order valence-corrected chi connectivity index (χ3v) is 5.81. The summed E-state index contributed by atoms with van der Waals surface area (Å²) in [6.45, 7) is 4.42. The van der Waals surface area contributed by atoms with E-state index >= 15 is 0 Å². The number of ether oxygens (including phenoxy) is 1. The van der Waals surface area contributed by atoms with Crippen LogP contribution in [0.1, 0.15) is 43.0 Å². The zero-order valence-corrected chi connectivity index (χ0v) is 14.4. The Hall–Kier alpha value is -1.34. The number of hydrogen-bond acceptors (Lipinski definition) is 7. The fourth-order valence-corrected chi connectivity index (χ4v) is 4.93. The molecule has 0 aromatic carbocycles. The highest BCUT2D eigenvalue weighted by Crippen LogP contribution is 2.43. The Bertz CT molecular complexity index is 714. The van der Waals surface area contributed by atoms with Crippen LogP contribution < -0.4 is 5.73 Å². The molecule has 2 heterocycles. The molecule has 2 aromatic heterocycles. The highest BCUT2D eigenvalue weighted by molar-refractivity contribution is 7.99. The van der Waals surface area contributed by atoms with Gasteiger partial charge in [-0.05, 0) is 37.7 Å². The van der Waals surface area contributed by atoms with E-state index in [1.165, 1.54) is 35.0 Å². The Kier molecular flexibility index (Phi) is 4.54. The molecule has 7 heteroatoms. The number of nitrogen functional groups attached to an aromatic ring is 1. The van der Waals surface area contributed by atoms with Gasteiger partial charge in [-0.1, -0.05) is 18.7 Å². The number of thiophene rings is 1. The van der Waals surface area contributed by atoms with Gasteiger partial charge in [0.15, 0.2) is 5.16 Å². The van der Waals surface area contributed by atoms with Gasteiger partial charge in [0.2, 0.25) is 0 Å². The molecule has 0 aliphatic heterocycles. The van der Waals surface area contributed by atoms with Gasteiger partial charge in [0, 0.05) is 4.88 Å². The number of esters is 1. The maximum absolute atomic E-state index is 11.4. The molecule has 118 valence electrons. The van der Waals surface area contributed by atoms with Gasteiger partial charge in [-0.3, -0.25) is 4.79 Å². The summed E-state index contributed by atoms with van der Waals surface area (Å²) in [5.74, 6) is 0.998. The molecule has 0 saturated carbocycles. The second-order valence-corrected chi connectivity index (χ2v) is 7.42. The van der Waals surface area contributed by atoms with Crippen LogP contribution in [0.3, 0.4) is 0 Å². The van der Waals surface area contributed by atoms with E-state index in [4.69, 9.17) is 10.5 Å². The lowest BCUT2D eigenvalue weighted by Gasteiger charge is -2.18. The van der Waals surface area contributed by atoms with Crippen molar-refractivity contribution < 1.29 is 9.53 Å². The molecular weight excluding hydrogens is 318 g/mol. The van der Waals surface area contributed by atoms with Crippen molar-refractivity contribution in [3.05, 3.63) is 10.4 Å². The predicted molar refractivity (Wildman–Crippen MR) is 90.5 cm³/mol. The number of fused-ring (bicyclic) bond motifs is 3. The van der Waals surface area contributed by atoms with Gasteiger partial charge < -0.3 is 10.5 Å². The molecule has 1 atom stereocenters. The second kappa shape index (κ2) is 6.42. The summed E-state index contributed by atoms with van der Waals surface area (Å²) in [5.41, 5.74) is 7.52. The maximum atomic E-state index is 11.4. The Morgan fingerprint density at radius 3 is 3.09 bits per heavy atom. The molecule has 3 rings (SSSR count). The number of anilines is 1. The number of aryl methyl sites for hydroxylation is 1. The Balaban J connectivity index is 1.91. The van der Waals surface area contributed by atoms with Gasteiger partial charge in [0.1, 0.15) is 10.6 Å². The molecule has 22 heavy (non-hydrogen) atoms. The number of hydrogen-bond donors (Lipinski definition) is 1. The zero-order valence-electron chi connectivity index (χ0n) is 12.7. The number of carbonyl (C=O) groups is 1. The van der Waals surface area contributed by atoms with Gasteiger partial charge >= 0.3 is 5.97 Å². The topological polar surface area (TPSA) is 78.1 Å². The van der Waals surface area contributed by atoms with Crippen molar-refractivity contribution in [1.82, 2.24) is 9.97 Å². The van der Waals surface area contributed by atoms with Crippen LogP contribution in [-0.4, -0.2) is 28.3 Å². The maximum Gasteiger partial charge on any atom is 0.316 e. The largest absolute Gasteiger partial charge is 0.465 e.